The van der Waals surface area contributed by atoms with Gasteiger partial charge in [0, 0.05) is 25.0 Å². The minimum absolute atomic E-state index is 0.162. The van der Waals surface area contributed by atoms with Crippen molar-refractivity contribution in [2.45, 2.75) is 12.6 Å². The SMILES string of the molecule is N[C@@H](Cn1ccc(=O)c(O)c1)C(=O)O[SiH3]. The Balaban J connectivity index is 2.77. The first-order valence-corrected chi connectivity index (χ1v) is 5.08. The average Bonchev–Trinajstić information content (AvgIpc) is 2.22. The fraction of sp³-hybridized carbons (Fsp3) is 0.250. The number of carbonyl (C=O) groups excluding carboxylic acids is 1. The molecular weight excluding hydrogens is 216 g/mol. The first kappa shape index (κ1) is 11.5. The molecule has 1 aromatic heterocycles. The van der Waals surface area contributed by atoms with Crippen molar-refractivity contribution in [3.05, 3.63) is 28.7 Å². The summed E-state index contributed by atoms with van der Waals surface area (Å²) in [7, 11) is 0.296. The van der Waals surface area contributed by atoms with Crippen molar-refractivity contribution >= 4 is 16.5 Å². The Bertz CT molecular complexity index is 417. The van der Waals surface area contributed by atoms with Gasteiger partial charge < -0.3 is 19.8 Å². The smallest absolute Gasteiger partial charge is 0.310 e. The van der Waals surface area contributed by atoms with Gasteiger partial charge in [0.2, 0.25) is 15.9 Å². The molecule has 0 aromatic carbocycles. The maximum absolute atomic E-state index is 11.0. The lowest BCUT2D eigenvalue weighted by Gasteiger charge is -2.12. The lowest BCUT2D eigenvalue weighted by Crippen LogP contribution is -2.36. The summed E-state index contributed by atoms with van der Waals surface area (Å²) in [5.41, 5.74) is 5.05. The highest BCUT2D eigenvalue weighted by atomic mass is 28.2. The first-order valence-electron chi connectivity index (χ1n) is 4.27. The fourth-order valence-electron chi connectivity index (χ4n) is 1.08. The van der Waals surface area contributed by atoms with Gasteiger partial charge in [0.1, 0.15) is 6.04 Å². The summed E-state index contributed by atoms with van der Waals surface area (Å²) < 4.78 is 6.03. The number of carbonyl (C=O) groups is 1. The molecule has 15 heavy (non-hydrogen) atoms. The van der Waals surface area contributed by atoms with E-state index < -0.39 is 17.4 Å². The molecule has 0 bridgehead atoms. The van der Waals surface area contributed by atoms with Crippen LogP contribution < -0.4 is 11.2 Å². The summed E-state index contributed by atoms with van der Waals surface area (Å²) in [5, 5.41) is 9.13. The number of nitrogens with zero attached hydrogens (tertiary/aromatic N) is 1. The molecule has 1 rings (SSSR count). The maximum Gasteiger partial charge on any atom is 0.310 e. The highest BCUT2D eigenvalue weighted by Gasteiger charge is 2.13. The second-order valence-electron chi connectivity index (χ2n) is 3.02. The van der Waals surface area contributed by atoms with Crippen LogP contribution in [0.1, 0.15) is 0 Å². The van der Waals surface area contributed by atoms with Gasteiger partial charge in [-0.15, -0.1) is 0 Å². The Morgan fingerprint density at radius 1 is 1.73 bits per heavy atom. The average molecular weight is 228 g/mol. The third kappa shape index (κ3) is 2.93. The summed E-state index contributed by atoms with van der Waals surface area (Å²) in [5.74, 6) is -0.858. The zero-order valence-electron chi connectivity index (χ0n) is 8.21. The lowest BCUT2D eigenvalue weighted by molar-refractivity contribution is -0.135. The molecule has 0 aliphatic rings. The molecule has 0 amide bonds. The molecule has 7 heteroatoms. The molecular formula is C8H12N2O4Si. The second kappa shape index (κ2) is 4.76. The minimum atomic E-state index is -0.788. The normalized spacial score (nSPS) is 12.3. The Morgan fingerprint density at radius 2 is 2.40 bits per heavy atom. The molecule has 0 radical (unpaired) electrons. The number of hydrogen-bond donors (Lipinski definition) is 2. The Kier molecular flexibility index (Phi) is 3.64. The quantitative estimate of drug-likeness (QED) is 0.568. The van der Waals surface area contributed by atoms with Crippen molar-refractivity contribution in [3.63, 3.8) is 0 Å². The zero-order valence-corrected chi connectivity index (χ0v) is 10.2. The number of aromatic hydroxyl groups is 1. The van der Waals surface area contributed by atoms with E-state index in [1.54, 1.807) is 0 Å². The molecule has 1 atom stereocenters. The third-order valence-electron chi connectivity index (χ3n) is 1.87. The largest absolute Gasteiger partial charge is 0.528 e. The number of hydrogen-bond acceptors (Lipinski definition) is 5. The summed E-state index contributed by atoms with van der Waals surface area (Å²) in [6.07, 6.45) is 2.67. The van der Waals surface area contributed by atoms with Crippen molar-refractivity contribution < 1.29 is 14.3 Å². The van der Waals surface area contributed by atoms with Gasteiger partial charge in [-0.3, -0.25) is 9.59 Å². The van der Waals surface area contributed by atoms with Gasteiger partial charge in [0.15, 0.2) is 5.75 Å². The molecule has 82 valence electrons. The molecule has 0 saturated heterocycles. The van der Waals surface area contributed by atoms with E-state index in [4.69, 9.17) is 10.8 Å². The maximum atomic E-state index is 11.0. The van der Waals surface area contributed by atoms with E-state index in [0.29, 0.717) is 10.5 Å². The van der Waals surface area contributed by atoms with Gasteiger partial charge in [-0.05, 0) is 0 Å². The predicted octanol–water partition coefficient (Wildman–Crippen LogP) is -2.30. The van der Waals surface area contributed by atoms with E-state index in [0.717, 1.165) is 0 Å². The lowest BCUT2D eigenvalue weighted by atomic mass is 10.3. The highest BCUT2D eigenvalue weighted by molar-refractivity contribution is 6.06. The van der Waals surface area contributed by atoms with Crippen LogP contribution in [-0.4, -0.2) is 32.2 Å². The predicted molar refractivity (Wildman–Crippen MR) is 56.4 cm³/mol. The summed E-state index contributed by atoms with van der Waals surface area (Å²) in [6, 6.07) is 0.415. The van der Waals surface area contributed by atoms with Crippen LogP contribution in [-0.2, 0) is 15.8 Å². The van der Waals surface area contributed by atoms with Crippen LogP contribution in [0.4, 0.5) is 0 Å². The minimum Gasteiger partial charge on any atom is -0.528 e. The number of nitrogens with two attached hydrogens (primary N) is 1. The van der Waals surface area contributed by atoms with Crippen molar-refractivity contribution in [1.29, 1.82) is 0 Å². The molecule has 0 aliphatic heterocycles. The van der Waals surface area contributed by atoms with Gasteiger partial charge in [0.05, 0.1) is 0 Å². The number of pyridine rings is 1. The molecule has 1 heterocycles. The van der Waals surface area contributed by atoms with Gasteiger partial charge >= 0.3 is 5.97 Å². The van der Waals surface area contributed by atoms with Gasteiger partial charge in [-0.2, -0.15) is 0 Å². The van der Waals surface area contributed by atoms with E-state index in [-0.39, 0.29) is 12.3 Å². The Hall–Kier alpha value is -1.60. The molecule has 0 fully saturated rings. The van der Waals surface area contributed by atoms with Crippen molar-refractivity contribution in [2.24, 2.45) is 5.73 Å². The van der Waals surface area contributed by atoms with Crippen LogP contribution in [0.25, 0.3) is 0 Å². The highest BCUT2D eigenvalue weighted by Crippen LogP contribution is 2.00. The van der Waals surface area contributed by atoms with E-state index >= 15 is 0 Å². The third-order valence-corrected chi connectivity index (χ3v) is 2.27. The fourth-order valence-corrected chi connectivity index (χ4v) is 1.38. The van der Waals surface area contributed by atoms with Crippen molar-refractivity contribution in [2.75, 3.05) is 0 Å². The van der Waals surface area contributed by atoms with Crippen molar-refractivity contribution in [1.82, 2.24) is 4.57 Å². The standard InChI is InChI=1S/C8H12N2O4Si/c9-5(8(13)14-15)3-10-2-1-6(11)7(12)4-10/h1-2,4-5,12H,3,9H2,15H3/t5-/m0/s1. The van der Waals surface area contributed by atoms with Gasteiger partial charge in [-0.25, -0.2) is 0 Å². The number of rotatable bonds is 3. The monoisotopic (exact) mass is 228 g/mol. The van der Waals surface area contributed by atoms with Crippen LogP contribution in [0.5, 0.6) is 5.75 Å². The Labute approximate surface area is 88.8 Å². The second-order valence-corrected chi connectivity index (χ2v) is 3.43. The van der Waals surface area contributed by atoms with Crippen LogP contribution in [0.2, 0.25) is 0 Å². The summed E-state index contributed by atoms with van der Waals surface area (Å²) in [4.78, 5) is 21.9. The van der Waals surface area contributed by atoms with E-state index in [9.17, 15) is 9.59 Å². The molecule has 3 N–H and O–H groups in total. The summed E-state index contributed by atoms with van der Waals surface area (Å²) in [6.45, 7) is 0.162. The van der Waals surface area contributed by atoms with Gasteiger partial charge in [-0.1, -0.05) is 0 Å². The topological polar surface area (TPSA) is 94.5 Å². The van der Waals surface area contributed by atoms with Crippen LogP contribution in [0, 0.1) is 0 Å². The molecule has 0 spiro atoms. The van der Waals surface area contributed by atoms with Crippen molar-refractivity contribution in [3.8, 4) is 5.75 Å². The first-order chi connectivity index (χ1) is 7.04. The summed E-state index contributed by atoms with van der Waals surface area (Å²) >= 11 is 0. The van der Waals surface area contributed by atoms with Crippen LogP contribution in [0.3, 0.4) is 0 Å². The zero-order chi connectivity index (χ0) is 11.4. The van der Waals surface area contributed by atoms with Crippen LogP contribution in [0.15, 0.2) is 23.3 Å². The number of aromatic nitrogens is 1. The van der Waals surface area contributed by atoms with Crippen LogP contribution >= 0.6 is 0 Å². The molecule has 0 saturated carbocycles. The van der Waals surface area contributed by atoms with E-state index in [1.165, 1.54) is 23.0 Å². The molecule has 1 aromatic rings. The molecule has 0 unspecified atom stereocenters. The molecule has 6 nitrogen and oxygen atoms in total. The van der Waals surface area contributed by atoms with E-state index in [1.807, 2.05) is 0 Å². The Morgan fingerprint density at radius 3 is 2.93 bits per heavy atom. The van der Waals surface area contributed by atoms with Gasteiger partial charge in [0.25, 0.3) is 0 Å². The van der Waals surface area contributed by atoms with E-state index in [2.05, 4.69) is 4.43 Å². The molecule has 0 aliphatic carbocycles.